The maximum atomic E-state index is 12.1. The van der Waals surface area contributed by atoms with Crippen molar-refractivity contribution in [3.63, 3.8) is 0 Å². The largest absolute Gasteiger partial charge is 0.356 e. The Labute approximate surface area is 109 Å². The maximum Gasteiger partial charge on any atom is 0.227 e. The first-order valence-electron chi connectivity index (χ1n) is 6.39. The van der Waals surface area contributed by atoms with Crippen LogP contribution >= 0.6 is 0 Å². The number of piperidine rings is 1. The highest BCUT2D eigenvalue weighted by molar-refractivity contribution is 7.89. The Balaban J connectivity index is 2.39. The minimum absolute atomic E-state index is 0.0200. The van der Waals surface area contributed by atoms with Crippen molar-refractivity contribution in [2.45, 2.75) is 32.6 Å². The zero-order valence-corrected chi connectivity index (χ0v) is 11.7. The number of carbonyl (C=O) groups is 1. The maximum absolute atomic E-state index is 12.1. The first-order valence-corrected chi connectivity index (χ1v) is 8.11. The van der Waals surface area contributed by atoms with E-state index in [1.807, 2.05) is 6.92 Å². The predicted molar refractivity (Wildman–Crippen MR) is 70.4 cm³/mol. The summed E-state index contributed by atoms with van der Waals surface area (Å²) < 4.78 is 21.5. The number of amides is 1. The van der Waals surface area contributed by atoms with Crippen molar-refractivity contribution in [2.24, 2.45) is 10.6 Å². The standard InChI is InChI=1S/C11H23N3O3S/c1-2-11(5-3-6-13-9-11)10(15)14-7-4-8-18(12,16)17/h13H,2-9H2,1H3,(H,14,15)(H2,12,16,17). The summed E-state index contributed by atoms with van der Waals surface area (Å²) in [5.41, 5.74) is -0.333. The molecule has 18 heavy (non-hydrogen) atoms. The highest BCUT2D eigenvalue weighted by Gasteiger charge is 2.37. The highest BCUT2D eigenvalue weighted by Crippen LogP contribution is 2.30. The summed E-state index contributed by atoms with van der Waals surface area (Å²) in [7, 11) is -3.43. The van der Waals surface area contributed by atoms with Crippen LogP contribution in [0.4, 0.5) is 0 Å². The van der Waals surface area contributed by atoms with Gasteiger partial charge in [-0.2, -0.15) is 0 Å². The third-order valence-corrected chi connectivity index (χ3v) is 4.38. The molecule has 1 unspecified atom stereocenters. The average molecular weight is 277 g/mol. The van der Waals surface area contributed by atoms with Crippen molar-refractivity contribution in [1.82, 2.24) is 10.6 Å². The van der Waals surface area contributed by atoms with Crippen molar-refractivity contribution in [3.8, 4) is 0 Å². The van der Waals surface area contributed by atoms with E-state index in [0.29, 0.717) is 19.5 Å². The lowest BCUT2D eigenvalue weighted by molar-refractivity contribution is -0.132. The average Bonchev–Trinajstić information content (AvgIpc) is 2.34. The third-order valence-electron chi connectivity index (χ3n) is 3.52. The van der Waals surface area contributed by atoms with Crippen LogP contribution in [0, 0.1) is 5.41 Å². The fourth-order valence-electron chi connectivity index (χ4n) is 2.29. The molecule has 1 amide bonds. The second-order valence-corrected chi connectivity index (χ2v) is 6.62. The molecule has 0 aromatic carbocycles. The van der Waals surface area contributed by atoms with Gasteiger partial charge in [0.25, 0.3) is 0 Å². The topological polar surface area (TPSA) is 101 Å². The van der Waals surface area contributed by atoms with Gasteiger partial charge in [-0.05, 0) is 32.2 Å². The quantitative estimate of drug-likeness (QED) is 0.573. The number of hydrogen-bond donors (Lipinski definition) is 3. The Kier molecular flexibility index (Phi) is 5.55. The Morgan fingerprint density at radius 3 is 2.72 bits per heavy atom. The van der Waals surface area contributed by atoms with Gasteiger partial charge in [-0.25, -0.2) is 13.6 Å². The first-order chi connectivity index (χ1) is 8.40. The van der Waals surface area contributed by atoms with Crippen LogP contribution in [0.2, 0.25) is 0 Å². The van der Waals surface area contributed by atoms with Gasteiger partial charge in [0.05, 0.1) is 11.2 Å². The van der Waals surface area contributed by atoms with E-state index in [4.69, 9.17) is 5.14 Å². The van der Waals surface area contributed by atoms with Gasteiger partial charge in [-0.3, -0.25) is 4.79 Å². The number of hydrogen-bond acceptors (Lipinski definition) is 4. The van der Waals surface area contributed by atoms with Gasteiger partial charge >= 0.3 is 0 Å². The number of nitrogens with one attached hydrogen (secondary N) is 2. The van der Waals surface area contributed by atoms with E-state index in [-0.39, 0.29) is 17.1 Å². The molecule has 1 aliphatic heterocycles. The number of primary sulfonamides is 1. The lowest BCUT2D eigenvalue weighted by Crippen LogP contribution is -2.50. The van der Waals surface area contributed by atoms with Crippen molar-refractivity contribution < 1.29 is 13.2 Å². The lowest BCUT2D eigenvalue weighted by atomic mass is 9.77. The molecule has 106 valence electrons. The summed E-state index contributed by atoms with van der Waals surface area (Å²) >= 11 is 0. The van der Waals surface area contributed by atoms with E-state index in [2.05, 4.69) is 10.6 Å². The van der Waals surface area contributed by atoms with Gasteiger partial charge in [0, 0.05) is 13.1 Å². The zero-order chi connectivity index (χ0) is 13.6. The van der Waals surface area contributed by atoms with Crippen LogP contribution in [0.3, 0.4) is 0 Å². The first kappa shape index (κ1) is 15.4. The summed E-state index contributed by atoms with van der Waals surface area (Å²) in [5.74, 6) is -0.0726. The molecule has 0 saturated carbocycles. The lowest BCUT2D eigenvalue weighted by Gasteiger charge is -2.35. The molecule has 1 atom stereocenters. The van der Waals surface area contributed by atoms with Gasteiger partial charge in [0.1, 0.15) is 0 Å². The van der Waals surface area contributed by atoms with Crippen molar-refractivity contribution in [1.29, 1.82) is 0 Å². The Bertz CT molecular complexity index is 375. The minimum atomic E-state index is -3.43. The third kappa shape index (κ3) is 4.55. The van der Waals surface area contributed by atoms with Gasteiger partial charge < -0.3 is 10.6 Å². The molecule has 7 heteroatoms. The SMILES string of the molecule is CCC1(C(=O)NCCCS(N)(=O)=O)CCCNC1. The smallest absolute Gasteiger partial charge is 0.227 e. The van der Waals surface area contributed by atoms with E-state index in [1.54, 1.807) is 0 Å². The molecule has 0 aromatic rings. The highest BCUT2D eigenvalue weighted by atomic mass is 32.2. The van der Waals surface area contributed by atoms with Gasteiger partial charge in [0.2, 0.25) is 15.9 Å². The Morgan fingerprint density at radius 1 is 1.50 bits per heavy atom. The monoisotopic (exact) mass is 277 g/mol. The summed E-state index contributed by atoms with van der Waals surface area (Å²) in [6.45, 7) is 4.03. The number of rotatable bonds is 6. The molecule has 1 heterocycles. The van der Waals surface area contributed by atoms with E-state index < -0.39 is 10.0 Å². The number of sulfonamides is 1. The fourth-order valence-corrected chi connectivity index (χ4v) is 2.83. The molecule has 1 fully saturated rings. The summed E-state index contributed by atoms with van der Waals surface area (Å²) in [5, 5.41) is 11.0. The van der Waals surface area contributed by atoms with Crippen LogP contribution in [-0.4, -0.2) is 39.7 Å². The van der Waals surface area contributed by atoms with Gasteiger partial charge in [-0.15, -0.1) is 0 Å². The molecule has 6 nitrogen and oxygen atoms in total. The summed E-state index contributed by atoms with van der Waals surface area (Å²) in [6.07, 6.45) is 3.04. The van der Waals surface area contributed by atoms with Crippen LogP contribution in [-0.2, 0) is 14.8 Å². The molecule has 1 saturated heterocycles. The molecule has 0 aromatic heterocycles. The molecule has 0 spiro atoms. The van der Waals surface area contributed by atoms with Gasteiger partial charge in [-0.1, -0.05) is 6.92 Å². The second kappa shape index (κ2) is 6.49. The minimum Gasteiger partial charge on any atom is -0.356 e. The van der Waals surface area contributed by atoms with E-state index in [0.717, 1.165) is 25.8 Å². The molecular weight excluding hydrogens is 254 g/mol. The van der Waals surface area contributed by atoms with Crippen LogP contribution in [0.5, 0.6) is 0 Å². The molecule has 1 rings (SSSR count). The number of nitrogens with two attached hydrogens (primary N) is 1. The van der Waals surface area contributed by atoms with E-state index in [9.17, 15) is 13.2 Å². The fraction of sp³-hybridized carbons (Fsp3) is 0.909. The van der Waals surface area contributed by atoms with E-state index >= 15 is 0 Å². The molecule has 0 radical (unpaired) electrons. The van der Waals surface area contributed by atoms with Crippen LogP contribution in [0.25, 0.3) is 0 Å². The summed E-state index contributed by atoms with van der Waals surface area (Å²) in [4.78, 5) is 12.1. The molecule has 0 aliphatic carbocycles. The van der Waals surface area contributed by atoms with E-state index in [1.165, 1.54) is 0 Å². The normalized spacial score (nSPS) is 24.8. The Hall–Kier alpha value is -0.660. The van der Waals surface area contributed by atoms with Gasteiger partial charge in [0.15, 0.2) is 0 Å². The van der Waals surface area contributed by atoms with Crippen molar-refractivity contribution in [2.75, 3.05) is 25.4 Å². The zero-order valence-electron chi connectivity index (χ0n) is 10.9. The Morgan fingerprint density at radius 2 is 2.22 bits per heavy atom. The predicted octanol–water partition coefficient (Wildman–Crippen LogP) is -0.439. The van der Waals surface area contributed by atoms with Crippen LogP contribution < -0.4 is 15.8 Å². The van der Waals surface area contributed by atoms with Crippen LogP contribution in [0.1, 0.15) is 32.6 Å². The van der Waals surface area contributed by atoms with Crippen LogP contribution in [0.15, 0.2) is 0 Å². The number of carbonyl (C=O) groups excluding carboxylic acids is 1. The molecule has 1 aliphatic rings. The van der Waals surface area contributed by atoms with Crippen molar-refractivity contribution in [3.05, 3.63) is 0 Å². The molecule has 0 bridgehead atoms. The second-order valence-electron chi connectivity index (χ2n) is 4.89. The summed E-state index contributed by atoms with van der Waals surface area (Å²) in [6, 6.07) is 0. The molecular formula is C11H23N3O3S. The van der Waals surface area contributed by atoms with Crippen molar-refractivity contribution >= 4 is 15.9 Å². The molecule has 4 N–H and O–H groups in total.